The molecule has 0 spiro atoms. The zero-order chi connectivity index (χ0) is 12.4. The van der Waals surface area contributed by atoms with Gasteiger partial charge in [-0.05, 0) is 18.6 Å². The highest BCUT2D eigenvalue weighted by atomic mass is 35.5. The molecule has 0 saturated heterocycles. The lowest BCUT2D eigenvalue weighted by Gasteiger charge is -1.99. The summed E-state index contributed by atoms with van der Waals surface area (Å²) < 4.78 is 30.9. The molecule has 0 saturated carbocycles. The third-order valence-corrected chi connectivity index (χ3v) is 2.37. The molecule has 0 aliphatic heterocycles. The summed E-state index contributed by atoms with van der Waals surface area (Å²) in [6, 6.07) is 3.36. The van der Waals surface area contributed by atoms with Crippen LogP contribution in [0.25, 0.3) is 0 Å². The minimum absolute atomic E-state index is 0.138. The van der Waals surface area contributed by atoms with Crippen LogP contribution in [0.4, 0.5) is 8.78 Å². The van der Waals surface area contributed by atoms with E-state index in [0.717, 1.165) is 6.07 Å². The Morgan fingerprint density at radius 1 is 1.41 bits per heavy atom. The van der Waals surface area contributed by atoms with Gasteiger partial charge in [0, 0.05) is 12.5 Å². The molecule has 1 aromatic carbocycles. The van der Waals surface area contributed by atoms with Gasteiger partial charge in [-0.25, -0.2) is 8.78 Å². The summed E-state index contributed by atoms with van der Waals surface area (Å²) in [4.78, 5) is 4.00. The van der Waals surface area contributed by atoms with Gasteiger partial charge in [-0.1, -0.05) is 11.2 Å². The van der Waals surface area contributed by atoms with Crippen molar-refractivity contribution in [3.05, 3.63) is 47.1 Å². The van der Waals surface area contributed by atoms with Crippen LogP contribution in [-0.4, -0.2) is 10.1 Å². The van der Waals surface area contributed by atoms with Crippen molar-refractivity contribution in [1.29, 1.82) is 0 Å². The maximum Gasteiger partial charge on any atom is 0.244 e. The van der Waals surface area contributed by atoms with Crippen LogP contribution in [0.15, 0.2) is 22.7 Å². The SMILES string of the molecule is CC(Cl)c1nc(Cc2ccc(F)cc2F)no1. The first-order valence-corrected chi connectivity index (χ1v) is 5.40. The van der Waals surface area contributed by atoms with Crippen LogP contribution in [0, 0.1) is 11.6 Å². The van der Waals surface area contributed by atoms with Crippen molar-refractivity contribution in [2.24, 2.45) is 0 Å². The fourth-order valence-corrected chi connectivity index (χ4v) is 1.42. The van der Waals surface area contributed by atoms with E-state index in [2.05, 4.69) is 10.1 Å². The second-order valence-corrected chi connectivity index (χ2v) is 4.23. The molecule has 0 fully saturated rings. The normalized spacial score (nSPS) is 12.7. The summed E-state index contributed by atoms with van der Waals surface area (Å²) in [5, 5.41) is 3.27. The molecular weight excluding hydrogens is 250 g/mol. The van der Waals surface area contributed by atoms with Crippen LogP contribution in [0.2, 0.25) is 0 Å². The van der Waals surface area contributed by atoms with Gasteiger partial charge in [-0.3, -0.25) is 0 Å². The fourth-order valence-electron chi connectivity index (χ4n) is 1.34. The summed E-state index contributed by atoms with van der Waals surface area (Å²) in [5.41, 5.74) is 0.306. The number of hydrogen-bond donors (Lipinski definition) is 0. The van der Waals surface area contributed by atoms with Crippen molar-refractivity contribution in [1.82, 2.24) is 10.1 Å². The van der Waals surface area contributed by atoms with E-state index in [0.29, 0.717) is 11.4 Å². The van der Waals surface area contributed by atoms with E-state index in [1.54, 1.807) is 6.92 Å². The van der Waals surface area contributed by atoms with Gasteiger partial charge in [0.1, 0.15) is 17.0 Å². The van der Waals surface area contributed by atoms with Gasteiger partial charge in [-0.2, -0.15) is 4.98 Å². The quantitative estimate of drug-likeness (QED) is 0.794. The molecule has 6 heteroatoms. The molecule has 90 valence electrons. The standard InChI is InChI=1S/C11H9ClF2N2O/c1-6(12)11-15-10(16-17-11)4-7-2-3-8(13)5-9(7)14/h2-3,5-6H,4H2,1H3. The van der Waals surface area contributed by atoms with E-state index < -0.39 is 17.0 Å². The lowest BCUT2D eigenvalue weighted by Crippen LogP contribution is -1.96. The Morgan fingerprint density at radius 3 is 2.76 bits per heavy atom. The number of halogens is 3. The van der Waals surface area contributed by atoms with Gasteiger partial charge in [0.2, 0.25) is 5.89 Å². The maximum absolute atomic E-state index is 13.3. The molecular formula is C11H9ClF2N2O. The highest BCUT2D eigenvalue weighted by molar-refractivity contribution is 6.20. The molecule has 1 unspecified atom stereocenters. The number of nitrogens with zero attached hydrogens (tertiary/aromatic N) is 2. The third kappa shape index (κ3) is 2.79. The van der Waals surface area contributed by atoms with E-state index in [9.17, 15) is 8.78 Å². The van der Waals surface area contributed by atoms with Crippen LogP contribution < -0.4 is 0 Å². The number of aromatic nitrogens is 2. The van der Waals surface area contributed by atoms with Crippen molar-refractivity contribution in [3.63, 3.8) is 0 Å². The Hall–Kier alpha value is -1.49. The molecule has 0 aliphatic carbocycles. The van der Waals surface area contributed by atoms with Crippen LogP contribution in [0.5, 0.6) is 0 Å². The lowest BCUT2D eigenvalue weighted by atomic mass is 10.1. The van der Waals surface area contributed by atoms with Crippen LogP contribution in [-0.2, 0) is 6.42 Å². The number of benzene rings is 1. The van der Waals surface area contributed by atoms with Crippen molar-refractivity contribution < 1.29 is 13.3 Å². The summed E-state index contributed by atoms with van der Waals surface area (Å²) >= 11 is 5.75. The Balaban J connectivity index is 2.19. The molecule has 0 N–H and O–H groups in total. The lowest BCUT2D eigenvalue weighted by molar-refractivity contribution is 0.374. The molecule has 0 amide bonds. The molecule has 1 heterocycles. The Bertz CT molecular complexity index is 528. The first-order chi connectivity index (χ1) is 8.06. The number of hydrogen-bond acceptors (Lipinski definition) is 3. The Morgan fingerprint density at radius 2 is 2.18 bits per heavy atom. The highest BCUT2D eigenvalue weighted by Crippen LogP contribution is 2.18. The second kappa shape index (κ2) is 4.79. The molecule has 3 nitrogen and oxygen atoms in total. The van der Waals surface area contributed by atoms with E-state index in [4.69, 9.17) is 16.1 Å². The maximum atomic E-state index is 13.3. The van der Waals surface area contributed by atoms with E-state index in [1.165, 1.54) is 12.1 Å². The highest BCUT2D eigenvalue weighted by Gasteiger charge is 2.13. The second-order valence-electron chi connectivity index (χ2n) is 3.58. The average Bonchev–Trinajstić information content (AvgIpc) is 2.71. The van der Waals surface area contributed by atoms with Gasteiger partial charge >= 0.3 is 0 Å². The number of alkyl halides is 1. The smallest absolute Gasteiger partial charge is 0.244 e. The average molecular weight is 259 g/mol. The molecule has 0 aliphatic rings. The van der Waals surface area contributed by atoms with Crippen molar-refractivity contribution in [2.45, 2.75) is 18.7 Å². The zero-order valence-corrected chi connectivity index (χ0v) is 9.71. The van der Waals surface area contributed by atoms with Crippen molar-refractivity contribution >= 4 is 11.6 Å². The monoisotopic (exact) mass is 258 g/mol. The molecule has 0 bridgehead atoms. The van der Waals surface area contributed by atoms with Crippen LogP contribution in [0.1, 0.15) is 29.6 Å². The van der Waals surface area contributed by atoms with Gasteiger partial charge in [0.25, 0.3) is 0 Å². The predicted molar refractivity (Wildman–Crippen MR) is 57.7 cm³/mol. The van der Waals surface area contributed by atoms with Gasteiger partial charge in [-0.15, -0.1) is 11.6 Å². The summed E-state index contributed by atoms with van der Waals surface area (Å²) in [5.74, 6) is -0.646. The summed E-state index contributed by atoms with van der Waals surface area (Å²) in [7, 11) is 0. The topological polar surface area (TPSA) is 38.9 Å². The first kappa shape index (κ1) is 12.0. The van der Waals surface area contributed by atoms with Gasteiger partial charge in [0.05, 0.1) is 0 Å². The summed E-state index contributed by atoms with van der Waals surface area (Å²) in [6.45, 7) is 1.69. The molecule has 17 heavy (non-hydrogen) atoms. The van der Waals surface area contributed by atoms with Crippen molar-refractivity contribution in [3.8, 4) is 0 Å². The first-order valence-electron chi connectivity index (χ1n) is 4.96. The van der Waals surface area contributed by atoms with Gasteiger partial charge < -0.3 is 4.52 Å². The molecule has 2 aromatic rings. The largest absolute Gasteiger partial charge is 0.338 e. The van der Waals surface area contributed by atoms with Crippen LogP contribution in [0.3, 0.4) is 0 Å². The minimum Gasteiger partial charge on any atom is -0.338 e. The third-order valence-electron chi connectivity index (χ3n) is 2.19. The Labute approximate surface area is 101 Å². The van der Waals surface area contributed by atoms with E-state index in [1.807, 2.05) is 0 Å². The molecule has 0 radical (unpaired) electrons. The van der Waals surface area contributed by atoms with E-state index in [-0.39, 0.29) is 12.3 Å². The fraction of sp³-hybridized carbons (Fsp3) is 0.273. The molecule has 1 atom stereocenters. The van der Waals surface area contributed by atoms with E-state index >= 15 is 0 Å². The zero-order valence-electron chi connectivity index (χ0n) is 8.95. The van der Waals surface area contributed by atoms with Crippen molar-refractivity contribution in [2.75, 3.05) is 0 Å². The van der Waals surface area contributed by atoms with Crippen LogP contribution >= 0.6 is 11.6 Å². The molecule has 2 rings (SSSR count). The Kier molecular flexibility index (Phi) is 3.38. The summed E-state index contributed by atoms with van der Waals surface area (Å²) in [6.07, 6.45) is 0.138. The van der Waals surface area contributed by atoms with Gasteiger partial charge in [0.15, 0.2) is 5.82 Å². The minimum atomic E-state index is -0.629. The predicted octanol–water partition coefficient (Wildman–Crippen LogP) is 3.24. The molecule has 1 aromatic heterocycles. The number of rotatable bonds is 3.